The van der Waals surface area contributed by atoms with E-state index in [0.717, 1.165) is 6.42 Å². The first kappa shape index (κ1) is 13.7. The number of carbonyl (C=O) groups is 2. The van der Waals surface area contributed by atoms with Crippen molar-refractivity contribution in [2.45, 2.75) is 39.5 Å². The van der Waals surface area contributed by atoms with Gasteiger partial charge in [0.1, 0.15) is 6.61 Å². The number of ether oxygens (including phenoxy) is 1. The zero-order valence-corrected chi connectivity index (χ0v) is 10.6. The Hall–Kier alpha value is -1.32. The second-order valence-corrected chi connectivity index (χ2v) is 4.41. The average Bonchev–Trinajstić information content (AvgIpc) is 2.71. The van der Waals surface area contributed by atoms with Crippen molar-refractivity contribution in [3.63, 3.8) is 0 Å². The second-order valence-electron chi connectivity index (χ2n) is 4.41. The minimum atomic E-state index is -0.503. The Morgan fingerprint density at radius 1 is 1.59 bits per heavy atom. The van der Waals surface area contributed by atoms with Crippen LogP contribution >= 0.6 is 0 Å². The lowest BCUT2D eigenvalue weighted by Crippen LogP contribution is -2.32. The van der Waals surface area contributed by atoms with Crippen LogP contribution in [0, 0.1) is 5.92 Å². The summed E-state index contributed by atoms with van der Waals surface area (Å²) in [5, 5.41) is 0. The Labute approximate surface area is 103 Å². The minimum absolute atomic E-state index is 0.139. The van der Waals surface area contributed by atoms with Gasteiger partial charge < -0.3 is 4.74 Å². The largest absolute Gasteiger partial charge is 0.447 e. The van der Waals surface area contributed by atoms with Crippen LogP contribution in [0.5, 0.6) is 0 Å². The van der Waals surface area contributed by atoms with Crippen molar-refractivity contribution in [1.82, 2.24) is 4.90 Å². The van der Waals surface area contributed by atoms with Crippen LogP contribution in [0.2, 0.25) is 0 Å². The van der Waals surface area contributed by atoms with Crippen molar-refractivity contribution in [2.24, 2.45) is 5.92 Å². The summed E-state index contributed by atoms with van der Waals surface area (Å²) >= 11 is 0. The van der Waals surface area contributed by atoms with E-state index in [-0.39, 0.29) is 11.8 Å². The maximum atomic E-state index is 11.7. The van der Waals surface area contributed by atoms with Gasteiger partial charge in [0.25, 0.3) is 0 Å². The predicted molar refractivity (Wildman–Crippen MR) is 65.5 cm³/mol. The van der Waals surface area contributed by atoms with E-state index in [9.17, 15) is 9.59 Å². The normalized spacial score (nSPS) is 17.5. The minimum Gasteiger partial charge on any atom is -0.447 e. The summed E-state index contributed by atoms with van der Waals surface area (Å²) in [5.74, 6) is 0.0351. The van der Waals surface area contributed by atoms with Crippen LogP contribution < -0.4 is 0 Å². The highest BCUT2D eigenvalue weighted by atomic mass is 16.6. The molecular formula is C13H21NO3. The molecule has 1 aliphatic heterocycles. The highest BCUT2D eigenvalue weighted by Gasteiger charge is 2.28. The Morgan fingerprint density at radius 3 is 2.94 bits per heavy atom. The number of cyclic esters (lactones) is 1. The standard InChI is InChI=1S/C13H21NO3/c1-3-4-5-6-7-11(2)10-12(15)14-8-9-17-13(14)16/h6-7,11H,3-5,8-10H2,1-2H3/b7-6+. The van der Waals surface area contributed by atoms with Crippen LogP contribution in [0.3, 0.4) is 0 Å². The van der Waals surface area contributed by atoms with Gasteiger partial charge in [-0.3, -0.25) is 4.79 Å². The summed E-state index contributed by atoms with van der Waals surface area (Å²) in [4.78, 5) is 24.1. The molecule has 1 rings (SSSR count). The van der Waals surface area contributed by atoms with Gasteiger partial charge in [0.15, 0.2) is 0 Å². The van der Waals surface area contributed by atoms with Gasteiger partial charge in [-0.1, -0.05) is 38.8 Å². The fraction of sp³-hybridized carbons (Fsp3) is 0.692. The first-order valence-corrected chi connectivity index (χ1v) is 6.29. The van der Waals surface area contributed by atoms with Crippen molar-refractivity contribution in [3.8, 4) is 0 Å². The molecule has 0 saturated carbocycles. The summed E-state index contributed by atoms with van der Waals surface area (Å²) in [6, 6.07) is 0. The molecule has 2 amide bonds. The average molecular weight is 239 g/mol. The molecule has 96 valence electrons. The van der Waals surface area contributed by atoms with E-state index in [0.29, 0.717) is 19.6 Å². The molecule has 1 aliphatic rings. The van der Waals surface area contributed by atoms with Gasteiger partial charge in [-0.2, -0.15) is 0 Å². The summed E-state index contributed by atoms with van der Waals surface area (Å²) in [6.07, 6.45) is 7.45. The fourth-order valence-electron chi connectivity index (χ4n) is 1.72. The maximum absolute atomic E-state index is 11.7. The van der Waals surface area contributed by atoms with Crippen molar-refractivity contribution in [1.29, 1.82) is 0 Å². The molecule has 0 aliphatic carbocycles. The number of imide groups is 1. The van der Waals surface area contributed by atoms with Gasteiger partial charge in [-0.15, -0.1) is 0 Å². The maximum Gasteiger partial charge on any atom is 0.416 e. The molecule has 0 N–H and O–H groups in total. The monoisotopic (exact) mass is 239 g/mol. The number of rotatable bonds is 6. The molecule has 0 aromatic rings. The summed E-state index contributed by atoms with van der Waals surface area (Å²) in [5.41, 5.74) is 0. The van der Waals surface area contributed by atoms with Crippen LogP contribution in [0.25, 0.3) is 0 Å². The van der Waals surface area contributed by atoms with Crippen LogP contribution in [0.1, 0.15) is 39.5 Å². The number of amides is 2. The van der Waals surface area contributed by atoms with Gasteiger partial charge in [0.2, 0.25) is 5.91 Å². The quantitative estimate of drug-likeness (QED) is 0.529. The highest BCUT2D eigenvalue weighted by molar-refractivity contribution is 5.93. The highest BCUT2D eigenvalue weighted by Crippen LogP contribution is 2.12. The number of carbonyl (C=O) groups excluding carboxylic acids is 2. The molecule has 0 aromatic heterocycles. The molecule has 0 spiro atoms. The Bertz CT molecular complexity index is 299. The van der Waals surface area contributed by atoms with E-state index < -0.39 is 6.09 Å². The Balaban J connectivity index is 2.30. The number of allylic oxidation sites excluding steroid dienone is 2. The Morgan fingerprint density at radius 2 is 2.35 bits per heavy atom. The van der Waals surface area contributed by atoms with Crippen molar-refractivity contribution in [3.05, 3.63) is 12.2 Å². The topological polar surface area (TPSA) is 46.6 Å². The van der Waals surface area contributed by atoms with Gasteiger partial charge in [-0.25, -0.2) is 9.69 Å². The molecule has 1 saturated heterocycles. The Kier molecular flexibility index (Phi) is 5.73. The molecule has 0 bridgehead atoms. The van der Waals surface area contributed by atoms with Gasteiger partial charge in [-0.05, 0) is 12.3 Å². The molecule has 0 radical (unpaired) electrons. The molecule has 1 heterocycles. The van der Waals surface area contributed by atoms with Crippen molar-refractivity contribution >= 4 is 12.0 Å². The summed E-state index contributed by atoms with van der Waals surface area (Å²) in [6.45, 7) is 4.86. The van der Waals surface area contributed by atoms with Crippen LogP contribution in [0.4, 0.5) is 4.79 Å². The number of unbranched alkanes of at least 4 members (excludes halogenated alkanes) is 2. The zero-order chi connectivity index (χ0) is 12.7. The lowest BCUT2D eigenvalue weighted by atomic mass is 10.1. The number of hydrogen-bond donors (Lipinski definition) is 0. The molecule has 0 aromatic carbocycles. The molecule has 4 nitrogen and oxygen atoms in total. The first-order chi connectivity index (χ1) is 8.15. The predicted octanol–water partition coefficient (Wildman–Crippen LogP) is 2.74. The van der Waals surface area contributed by atoms with Gasteiger partial charge in [0, 0.05) is 6.42 Å². The third-order valence-corrected chi connectivity index (χ3v) is 2.75. The van der Waals surface area contributed by atoms with Crippen LogP contribution in [0.15, 0.2) is 12.2 Å². The smallest absolute Gasteiger partial charge is 0.416 e. The molecule has 1 fully saturated rings. The third kappa shape index (κ3) is 4.59. The van der Waals surface area contributed by atoms with E-state index >= 15 is 0 Å². The van der Waals surface area contributed by atoms with Gasteiger partial charge in [0.05, 0.1) is 6.54 Å². The van der Waals surface area contributed by atoms with E-state index in [1.807, 2.05) is 6.92 Å². The third-order valence-electron chi connectivity index (χ3n) is 2.75. The zero-order valence-electron chi connectivity index (χ0n) is 10.6. The van der Waals surface area contributed by atoms with E-state index in [1.165, 1.54) is 17.7 Å². The van der Waals surface area contributed by atoms with E-state index in [1.54, 1.807) is 0 Å². The summed E-state index contributed by atoms with van der Waals surface area (Å²) in [7, 11) is 0. The molecule has 1 atom stereocenters. The first-order valence-electron chi connectivity index (χ1n) is 6.29. The summed E-state index contributed by atoms with van der Waals surface area (Å²) < 4.78 is 4.73. The van der Waals surface area contributed by atoms with Gasteiger partial charge >= 0.3 is 6.09 Å². The van der Waals surface area contributed by atoms with Crippen molar-refractivity contribution < 1.29 is 14.3 Å². The molecule has 1 unspecified atom stereocenters. The lowest BCUT2D eigenvalue weighted by molar-refractivity contribution is -0.128. The SMILES string of the molecule is CCCC/C=C/C(C)CC(=O)N1CCOC1=O. The second kappa shape index (κ2) is 7.09. The number of nitrogens with zero attached hydrogens (tertiary/aromatic N) is 1. The lowest BCUT2D eigenvalue weighted by Gasteiger charge is -2.12. The van der Waals surface area contributed by atoms with Crippen LogP contribution in [-0.4, -0.2) is 30.1 Å². The molecule has 17 heavy (non-hydrogen) atoms. The van der Waals surface area contributed by atoms with E-state index in [4.69, 9.17) is 4.74 Å². The fourth-order valence-corrected chi connectivity index (χ4v) is 1.72. The molecule has 4 heteroatoms. The van der Waals surface area contributed by atoms with Crippen molar-refractivity contribution in [2.75, 3.05) is 13.2 Å². The number of hydrogen-bond acceptors (Lipinski definition) is 3. The molecular weight excluding hydrogens is 218 g/mol. The van der Waals surface area contributed by atoms with E-state index in [2.05, 4.69) is 19.1 Å². The van der Waals surface area contributed by atoms with Crippen LogP contribution in [-0.2, 0) is 9.53 Å².